The Labute approximate surface area is 108 Å². The van der Waals surface area contributed by atoms with Crippen molar-refractivity contribution >= 4 is 0 Å². The number of hydrogen-bond acceptors (Lipinski definition) is 4. The van der Waals surface area contributed by atoms with Crippen LogP contribution in [-0.2, 0) is 6.54 Å². The maximum absolute atomic E-state index is 6.09. The van der Waals surface area contributed by atoms with Crippen LogP contribution >= 0.6 is 0 Å². The molecule has 1 aromatic rings. The SMILES string of the molecule is COc1ccc(CN2C3CCC2CC(N)C3)cn1. The summed E-state index contributed by atoms with van der Waals surface area (Å²) >= 11 is 0. The zero-order valence-corrected chi connectivity index (χ0v) is 10.9. The van der Waals surface area contributed by atoms with E-state index in [4.69, 9.17) is 10.5 Å². The summed E-state index contributed by atoms with van der Waals surface area (Å²) in [5.41, 5.74) is 7.36. The fourth-order valence-electron chi connectivity index (χ4n) is 3.41. The Morgan fingerprint density at radius 1 is 1.33 bits per heavy atom. The van der Waals surface area contributed by atoms with Gasteiger partial charge < -0.3 is 10.5 Å². The molecular formula is C14H21N3O. The zero-order chi connectivity index (χ0) is 12.5. The van der Waals surface area contributed by atoms with Gasteiger partial charge >= 0.3 is 0 Å². The third kappa shape index (κ3) is 2.22. The summed E-state index contributed by atoms with van der Waals surface area (Å²) in [6, 6.07) is 5.82. The molecule has 2 N–H and O–H groups in total. The van der Waals surface area contributed by atoms with Crippen LogP contribution in [0, 0.1) is 0 Å². The third-order valence-electron chi connectivity index (χ3n) is 4.29. The molecule has 0 radical (unpaired) electrons. The summed E-state index contributed by atoms with van der Waals surface area (Å²) < 4.78 is 5.09. The van der Waals surface area contributed by atoms with Gasteiger partial charge in [-0.25, -0.2) is 4.98 Å². The van der Waals surface area contributed by atoms with Crippen LogP contribution in [-0.4, -0.2) is 35.1 Å². The van der Waals surface area contributed by atoms with Crippen molar-refractivity contribution in [3.8, 4) is 5.88 Å². The number of methoxy groups -OCH3 is 1. The van der Waals surface area contributed by atoms with Gasteiger partial charge in [0.05, 0.1) is 7.11 Å². The fourth-order valence-corrected chi connectivity index (χ4v) is 3.41. The number of piperidine rings is 1. The minimum Gasteiger partial charge on any atom is -0.481 e. The van der Waals surface area contributed by atoms with E-state index in [-0.39, 0.29) is 0 Å². The van der Waals surface area contributed by atoms with Crippen molar-refractivity contribution in [1.82, 2.24) is 9.88 Å². The van der Waals surface area contributed by atoms with Crippen molar-refractivity contribution in [2.24, 2.45) is 5.73 Å². The lowest BCUT2D eigenvalue weighted by Gasteiger charge is -2.37. The summed E-state index contributed by atoms with van der Waals surface area (Å²) in [5, 5.41) is 0. The number of nitrogens with zero attached hydrogens (tertiary/aromatic N) is 2. The number of pyridine rings is 1. The van der Waals surface area contributed by atoms with E-state index in [1.165, 1.54) is 18.4 Å². The molecule has 4 heteroatoms. The lowest BCUT2D eigenvalue weighted by atomic mass is 9.98. The molecule has 18 heavy (non-hydrogen) atoms. The predicted octanol–water partition coefficient (Wildman–Crippen LogP) is 1.54. The van der Waals surface area contributed by atoms with Crippen LogP contribution in [0.1, 0.15) is 31.2 Å². The second kappa shape index (κ2) is 4.86. The van der Waals surface area contributed by atoms with E-state index in [1.54, 1.807) is 7.11 Å². The van der Waals surface area contributed by atoms with Crippen molar-refractivity contribution in [2.45, 2.75) is 50.4 Å². The smallest absolute Gasteiger partial charge is 0.212 e. The Morgan fingerprint density at radius 2 is 2.06 bits per heavy atom. The summed E-state index contributed by atoms with van der Waals surface area (Å²) in [4.78, 5) is 6.89. The molecular weight excluding hydrogens is 226 g/mol. The Balaban J connectivity index is 1.69. The first-order valence-electron chi connectivity index (χ1n) is 6.76. The molecule has 4 nitrogen and oxygen atoms in total. The van der Waals surface area contributed by atoms with Crippen LogP contribution < -0.4 is 10.5 Å². The van der Waals surface area contributed by atoms with Crippen molar-refractivity contribution in [3.63, 3.8) is 0 Å². The summed E-state index contributed by atoms with van der Waals surface area (Å²) in [6.07, 6.45) is 6.84. The van der Waals surface area contributed by atoms with E-state index in [0.717, 1.165) is 19.4 Å². The van der Waals surface area contributed by atoms with Crippen LogP contribution in [0.4, 0.5) is 0 Å². The Bertz CT molecular complexity index is 392. The summed E-state index contributed by atoms with van der Waals surface area (Å²) in [5.74, 6) is 0.683. The molecule has 0 spiro atoms. The average molecular weight is 247 g/mol. The number of fused-ring (bicyclic) bond motifs is 2. The summed E-state index contributed by atoms with van der Waals surface area (Å²) in [7, 11) is 1.65. The van der Waals surface area contributed by atoms with Crippen LogP contribution in [0.3, 0.4) is 0 Å². The van der Waals surface area contributed by atoms with Gasteiger partial charge in [-0.05, 0) is 31.2 Å². The molecule has 1 aromatic heterocycles. The number of rotatable bonds is 3. The Hall–Kier alpha value is -1.13. The van der Waals surface area contributed by atoms with Crippen LogP contribution in [0.15, 0.2) is 18.3 Å². The first kappa shape index (κ1) is 11.9. The molecule has 98 valence electrons. The molecule has 0 aromatic carbocycles. The maximum Gasteiger partial charge on any atom is 0.212 e. The van der Waals surface area contributed by atoms with Gasteiger partial charge in [-0.3, -0.25) is 4.90 Å². The van der Waals surface area contributed by atoms with Crippen LogP contribution in [0.25, 0.3) is 0 Å². The standard InChI is InChI=1S/C14H21N3O/c1-18-14-5-2-10(8-16-14)9-17-12-3-4-13(17)7-11(15)6-12/h2,5,8,11-13H,3-4,6-7,9,15H2,1H3. The molecule has 2 bridgehead atoms. The van der Waals surface area contributed by atoms with Gasteiger partial charge in [0.1, 0.15) is 0 Å². The molecule has 2 aliphatic heterocycles. The number of hydrogen-bond donors (Lipinski definition) is 1. The number of nitrogens with two attached hydrogens (primary N) is 1. The summed E-state index contributed by atoms with van der Waals surface area (Å²) in [6.45, 7) is 0.999. The van der Waals surface area contributed by atoms with Crippen LogP contribution in [0.5, 0.6) is 5.88 Å². The number of aromatic nitrogens is 1. The first-order chi connectivity index (χ1) is 8.76. The van der Waals surface area contributed by atoms with E-state index in [9.17, 15) is 0 Å². The number of ether oxygens (including phenoxy) is 1. The normalized spacial score (nSPS) is 31.6. The van der Waals surface area contributed by atoms with Crippen molar-refractivity contribution < 1.29 is 4.74 Å². The van der Waals surface area contributed by atoms with Gasteiger partial charge in [0.25, 0.3) is 0 Å². The van der Waals surface area contributed by atoms with Gasteiger partial charge in [-0.15, -0.1) is 0 Å². The largest absolute Gasteiger partial charge is 0.481 e. The highest BCUT2D eigenvalue weighted by atomic mass is 16.5. The topological polar surface area (TPSA) is 51.4 Å². The molecule has 2 unspecified atom stereocenters. The molecule has 2 fully saturated rings. The molecule has 3 rings (SSSR count). The highest BCUT2D eigenvalue weighted by Gasteiger charge is 2.39. The van der Waals surface area contributed by atoms with Gasteiger partial charge in [0, 0.05) is 36.9 Å². The Kier molecular flexibility index (Phi) is 3.22. The van der Waals surface area contributed by atoms with Gasteiger partial charge in [0.2, 0.25) is 5.88 Å². The highest BCUT2D eigenvalue weighted by molar-refractivity contribution is 5.18. The van der Waals surface area contributed by atoms with E-state index in [1.807, 2.05) is 12.3 Å². The first-order valence-corrected chi connectivity index (χ1v) is 6.76. The van der Waals surface area contributed by atoms with Gasteiger partial charge in [-0.2, -0.15) is 0 Å². The van der Waals surface area contributed by atoms with Gasteiger partial charge in [-0.1, -0.05) is 6.07 Å². The second-order valence-corrected chi connectivity index (χ2v) is 5.50. The monoisotopic (exact) mass is 247 g/mol. The zero-order valence-electron chi connectivity index (χ0n) is 10.9. The quantitative estimate of drug-likeness (QED) is 0.880. The Morgan fingerprint density at radius 3 is 2.61 bits per heavy atom. The molecule has 0 amide bonds. The molecule has 0 saturated carbocycles. The lowest BCUT2D eigenvalue weighted by molar-refractivity contribution is 0.120. The molecule has 2 aliphatic rings. The van der Waals surface area contributed by atoms with Gasteiger partial charge in [0.15, 0.2) is 0 Å². The predicted molar refractivity (Wildman–Crippen MR) is 70.4 cm³/mol. The minimum absolute atomic E-state index is 0.410. The van der Waals surface area contributed by atoms with E-state index < -0.39 is 0 Å². The second-order valence-electron chi connectivity index (χ2n) is 5.50. The van der Waals surface area contributed by atoms with E-state index in [0.29, 0.717) is 24.0 Å². The van der Waals surface area contributed by atoms with Crippen molar-refractivity contribution in [3.05, 3.63) is 23.9 Å². The lowest BCUT2D eigenvalue weighted by Crippen LogP contribution is -2.46. The minimum atomic E-state index is 0.410. The highest BCUT2D eigenvalue weighted by Crippen LogP contribution is 2.36. The fraction of sp³-hybridized carbons (Fsp3) is 0.643. The molecule has 2 saturated heterocycles. The van der Waals surface area contributed by atoms with Crippen molar-refractivity contribution in [1.29, 1.82) is 0 Å². The van der Waals surface area contributed by atoms with E-state index in [2.05, 4.69) is 16.0 Å². The van der Waals surface area contributed by atoms with Crippen molar-refractivity contribution in [2.75, 3.05) is 7.11 Å². The van der Waals surface area contributed by atoms with Crippen LogP contribution in [0.2, 0.25) is 0 Å². The third-order valence-corrected chi connectivity index (χ3v) is 4.29. The maximum atomic E-state index is 6.09. The molecule has 2 atom stereocenters. The molecule has 0 aliphatic carbocycles. The van der Waals surface area contributed by atoms with E-state index >= 15 is 0 Å². The average Bonchev–Trinajstić information content (AvgIpc) is 2.62. The molecule has 3 heterocycles.